The van der Waals surface area contributed by atoms with Crippen molar-refractivity contribution in [2.45, 2.75) is 25.2 Å². The van der Waals surface area contributed by atoms with Crippen molar-refractivity contribution in [3.63, 3.8) is 0 Å². The van der Waals surface area contributed by atoms with Crippen molar-refractivity contribution < 1.29 is 0 Å². The largest absolute Gasteiger partial charge is 0.344 e. The molecule has 2 aromatic heterocycles. The molecule has 9 rings (SSSR count). The monoisotopic (exact) mass is 559 g/mol. The van der Waals surface area contributed by atoms with Gasteiger partial charge in [-0.1, -0.05) is 97.1 Å². The molecule has 0 amide bonds. The van der Waals surface area contributed by atoms with E-state index in [0.717, 1.165) is 12.8 Å². The van der Waals surface area contributed by atoms with Gasteiger partial charge in [0.05, 0.1) is 22.1 Å². The van der Waals surface area contributed by atoms with E-state index < -0.39 is 0 Å². The molecule has 2 atom stereocenters. The first-order valence-electron chi connectivity index (χ1n) is 14.7. The molecule has 0 fully saturated rings. The number of rotatable bonds is 3. The zero-order chi connectivity index (χ0) is 27.6. The number of nitrogens with one attached hydrogen (secondary N) is 2. The molecule has 0 bridgehead atoms. The topological polar surface area (TPSA) is 29.0 Å². The zero-order valence-corrected chi connectivity index (χ0v) is 23.9. The fourth-order valence-corrected chi connectivity index (χ4v) is 8.26. The van der Waals surface area contributed by atoms with Crippen LogP contribution in [0.25, 0.3) is 49.8 Å². The fraction of sp³-hybridized carbons (Fsp3) is 0.105. The summed E-state index contributed by atoms with van der Waals surface area (Å²) in [4.78, 5) is 1.39. The summed E-state index contributed by atoms with van der Waals surface area (Å²) in [6, 6.07) is 42.1. The number of nitrogens with zero attached hydrogens (tertiary/aromatic N) is 1. The summed E-state index contributed by atoms with van der Waals surface area (Å²) < 4.78 is 2.47. The molecule has 0 saturated heterocycles. The predicted octanol–water partition coefficient (Wildman–Crippen LogP) is 9.90. The minimum Gasteiger partial charge on any atom is -0.344 e. The molecule has 7 aromatic rings. The zero-order valence-electron chi connectivity index (χ0n) is 23.0. The van der Waals surface area contributed by atoms with Crippen LogP contribution in [0.2, 0.25) is 0 Å². The number of anilines is 1. The van der Waals surface area contributed by atoms with E-state index >= 15 is 0 Å². The van der Waals surface area contributed by atoms with Crippen LogP contribution >= 0.6 is 11.3 Å². The minimum absolute atomic E-state index is 0.0677. The van der Waals surface area contributed by atoms with E-state index in [1.165, 1.54) is 70.3 Å². The molecule has 0 radical (unpaired) electrons. The molecule has 3 heterocycles. The molecular formula is C38H29N3S. The standard InChI is InChI=1S/C38H29N3S/c1-2-11-24(12-3-1)25-15-10-16-28(21-25)36-35-30-18-7-9-20-34(30)42-37(35)40-38(39-36)41-32-19-8-6-17-29(32)31-22-26-13-4-5-14-27(26)23-33(31)41/h1-6,8-17,19-23,36,38-40H,7,18H2. The van der Waals surface area contributed by atoms with Crippen LogP contribution in [-0.2, 0) is 6.42 Å². The number of para-hydroxylation sites is 1. The minimum atomic E-state index is -0.115. The molecule has 1 aliphatic carbocycles. The molecule has 4 heteroatoms. The highest BCUT2D eigenvalue weighted by atomic mass is 32.1. The number of hydrogen-bond donors (Lipinski definition) is 2. The van der Waals surface area contributed by atoms with E-state index in [-0.39, 0.29) is 12.3 Å². The molecule has 2 N–H and O–H groups in total. The molecule has 2 aliphatic rings. The Labute approximate surface area is 248 Å². The van der Waals surface area contributed by atoms with Gasteiger partial charge in [0.2, 0.25) is 0 Å². The third-order valence-corrected chi connectivity index (χ3v) is 10.1. The van der Waals surface area contributed by atoms with E-state index in [1.807, 2.05) is 11.3 Å². The quantitative estimate of drug-likeness (QED) is 0.226. The molecule has 42 heavy (non-hydrogen) atoms. The summed E-state index contributed by atoms with van der Waals surface area (Å²) >= 11 is 1.90. The number of fused-ring (bicyclic) bond motifs is 7. The van der Waals surface area contributed by atoms with Crippen LogP contribution < -0.4 is 10.6 Å². The van der Waals surface area contributed by atoms with Gasteiger partial charge in [-0.3, -0.25) is 5.32 Å². The maximum absolute atomic E-state index is 4.11. The van der Waals surface area contributed by atoms with E-state index in [2.05, 4.69) is 143 Å². The van der Waals surface area contributed by atoms with Gasteiger partial charge in [0.15, 0.2) is 6.29 Å². The van der Waals surface area contributed by atoms with Crippen LogP contribution in [0.4, 0.5) is 5.00 Å². The number of benzene rings is 5. The van der Waals surface area contributed by atoms with Gasteiger partial charge in [-0.05, 0) is 76.2 Å². The first-order chi connectivity index (χ1) is 20.8. The lowest BCUT2D eigenvalue weighted by Gasteiger charge is -2.35. The van der Waals surface area contributed by atoms with Crippen molar-refractivity contribution in [1.29, 1.82) is 0 Å². The van der Waals surface area contributed by atoms with Gasteiger partial charge in [0, 0.05) is 21.2 Å². The highest BCUT2D eigenvalue weighted by Crippen LogP contribution is 2.48. The first-order valence-corrected chi connectivity index (χ1v) is 15.5. The second-order valence-corrected chi connectivity index (χ2v) is 12.4. The van der Waals surface area contributed by atoms with Crippen molar-refractivity contribution in [2.75, 3.05) is 5.32 Å². The Kier molecular flexibility index (Phi) is 5.40. The highest BCUT2D eigenvalue weighted by molar-refractivity contribution is 7.17. The summed E-state index contributed by atoms with van der Waals surface area (Å²) in [5.74, 6) is 0. The lowest BCUT2D eigenvalue weighted by Crippen LogP contribution is -2.40. The Morgan fingerprint density at radius 2 is 1.48 bits per heavy atom. The van der Waals surface area contributed by atoms with Crippen molar-refractivity contribution in [2.24, 2.45) is 0 Å². The maximum atomic E-state index is 4.11. The fourth-order valence-electron chi connectivity index (χ4n) is 7.02. The summed E-state index contributed by atoms with van der Waals surface area (Å²) in [5.41, 5.74) is 9.15. The molecule has 0 spiro atoms. The van der Waals surface area contributed by atoms with Crippen LogP contribution in [-0.4, -0.2) is 4.57 Å². The van der Waals surface area contributed by atoms with E-state index in [9.17, 15) is 0 Å². The third kappa shape index (κ3) is 3.69. The van der Waals surface area contributed by atoms with E-state index in [0.29, 0.717) is 0 Å². The van der Waals surface area contributed by atoms with Crippen LogP contribution in [0.15, 0.2) is 121 Å². The van der Waals surface area contributed by atoms with Crippen LogP contribution in [0.5, 0.6) is 0 Å². The summed E-state index contributed by atoms with van der Waals surface area (Å²) in [6.45, 7) is 0. The lowest BCUT2D eigenvalue weighted by molar-refractivity contribution is 0.417. The SMILES string of the molecule is C1=Cc2sc3c(c2CC1)C(c1cccc(-c2ccccc2)c1)NC(n1c2ccccc2c2cc4ccccc4cc21)N3. The van der Waals surface area contributed by atoms with E-state index in [4.69, 9.17) is 0 Å². The Morgan fingerprint density at radius 1 is 0.690 bits per heavy atom. The Hall–Kier alpha value is -4.64. The molecule has 1 aliphatic heterocycles. The van der Waals surface area contributed by atoms with Gasteiger partial charge in [-0.15, -0.1) is 11.3 Å². The third-order valence-electron chi connectivity index (χ3n) is 8.95. The molecule has 5 aromatic carbocycles. The average Bonchev–Trinajstić information content (AvgIpc) is 3.59. The summed E-state index contributed by atoms with van der Waals surface area (Å²) in [5, 5.41) is 14.5. The van der Waals surface area contributed by atoms with E-state index in [1.54, 1.807) is 0 Å². The number of allylic oxidation sites excluding steroid dienone is 1. The lowest BCUT2D eigenvalue weighted by atomic mass is 9.89. The predicted molar refractivity (Wildman–Crippen MR) is 178 cm³/mol. The molecule has 3 nitrogen and oxygen atoms in total. The summed E-state index contributed by atoms with van der Waals surface area (Å²) in [6.07, 6.45) is 6.70. The van der Waals surface area contributed by atoms with Crippen molar-refractivity contribution in [3.8, 4) is 11.1 Å². The van der Waals surface area contributed by atoms with Gasteiger partial charge in [-0.2, -0.15) is 0 Å². The number of hydrogen-bond acceptors (Lipinski definition) is 3. The normalized spacial score (nSPS) is 17.8. The van der Waals surface area contributed by atoms with Crippen LogP contribution in [0, 0.1) is 0 Å². The number of thiophene rings is 1. The molecular weight excluding hydrogens is 531 g/mol. The highest BCUT2D eigenvalue weighted by Gasteiger charge is 2.34. The number of aromatic nitrogens is 1. The Bertz CT molecular complexity index is 2170. The maximum Gasteiger partial charge on any atom is 0.161 e. The van der Waals surface area contributed by atoms with Crippen LogP contribution in [0.3, 0.4) is 0 Å². The van der Waals surface area contributed by atoms with Gasteiger partial charge < -0.3 is 9.88 Å². The first kappa shape index (κ1) is 24.0. The molecule has 2 unspecified atom stereocenters. The van der Waals surface area contributed by atoms with Gasteiger partial charge in [-0.25, -0.2) is 0 Å². The van der Waals surface area contributed by atoms with Gasteiger partial charge in [0.1, 0.15) is 0 Å². The van der Waals surface area contributed by atoms with Crippen LogP contribution in [0.1, 0.15) is 40.3 Å². The van der Waals surface area contributed by atoms with Crippen molar-refractivity contribution >= 4 is 55.0 Å². The second kappa shape index (κ2) is 9.45. The second-order valence-electron chi connectivity index (χ2n) is 11.4. The van der Waals surface area contributed by atoms with Gasteiger partial charge in [0.25, 0.3) is 0 Å². The summed E-state index contributed by atoms with van der Waals surface area (Å²) in [7, 11) is 0. The van der Waals surface area contributed by atoms with Gasteiger partial charge >= 0.3 is 0 Å². The smallest absolute Gasteiger partial charge is 0.161 e. The Morgan fingerprint density at radius 3 is 2.38 bits per heavy atom. The molecule has 0 saturated carbocycles. The molecule has 202 valence electrons. The average molecular weight is 560 g/mol. The Balaban J connectivity index is 1.26. The van der Waals surface area contributed by atoms with Crippen molar-refractivity contribution in [3.05, 3.63) is 143 Å². The van der Waals surface area contributed by atoms with Crippen molar-refractivity contribution in [1.82, 2.24) is 9.88 Å².